The standard InChI is InChI=1S/C13H24OSi/c1-13(2)11-7-6-10(12(13)8-11)9-14-15(3,4)5/h9,11-12H,6-8H2,1-5H3/b10-9+/t11-,12-/m0/s1. The molecule has 3 fully saturated rings. The van der Waals surface area contributed by atoms with Gasteiger partial charge in [0, 0.05) is 0 Å². The lowest BCUT2D eigenvalue weighted by Gasteiger charge is -2.57. The van der Waals surface area contributed by atoms with Crippen molar-refractivity contribution < 1.29 is 4.43 Å². The zero-order valence-corrected chi connectivity index (χ0v) is 11.8. The number of hydrogen-bond acceptors (Lipinski definition) is 1. The molecule has 0 saturated heterocycles. The van der Waals surface area contributed by atoms with Crippen LogP contribution in [-0.2, 0) is 4.43 Å². The summed E-state index contributed by atoms with van der Waals surface area (Å²) in [5, 5.41) is 0. The van der Waals surface area contributed by atoms with Crippen LogP contribution in [0.2, 0.25) is 19.6 Å². The van der Waals surface area contributed by atoms with Crippen molar-refractivity contribution in [3.63, 3.8) is 0 Å². The Bertz CT molecular complexity index is 283. The molecule has 3 saturated carbocycles. The minimum atomic E-state index is -1.38. The van der Waals surface area contributed by atoms with Crippen molar-refractivity contribution in [2.45, 2.75) is 52.8 Å². The predicted octanol–water partition coefficient (Wildman–Crippen LogP) is 4.18. The van der Waals surface area contributed by atoms with Gasteiger partial charge in [-0.2, -0.15) is 0 Å². The first-order chi connectivity index (χ1) is 6.81. The molecule has 3 aliphatic rings. The van der Waals surface area contributed by atoms with Crippen molar-refractivity contribution in [2.24, 2.45) is 17.3 Å². The maximum absolute atomic E-state index is 5.93. The Labute approximate surface area is 95.0 Å². The van der Waals surface area contributed by atoms with E-state index in [1.54, 1.807) is 5.57 Å². The van der Waals surface area contributed by atoms with Gasteiger partial charge in [0.2, 0.25) is 8.32 Å². The van der Waals surface area contributed by atoms with Gasteiger partial charge in [0.15, 0.2) is 0 Å². The maximum atomic E-state index is 5.93. The number of hydrogen-bond donors (Lipinski definition) is 0. The highest BCUT2D eigenvalue weighted by atomic mass is 28.4. The summed E-state index contributed by atoms with van der Waals surface area (Å²) in [5.41, 5.74) is 2.14. The molecule has 0 aromatic heterocycles. The molecule has 0 unspecified atom stereocenters. The fourth-order valence-corrected chi connectivity index (χ4v) is 3.55. The number of fused-ring (bicyclic) bond motifs is 2. The molecular weight excluding hydrogens is 200 g/mol. The second kappa shape index (κ2) is 3.37. The van der Waals surface area contributed by atoms with Gasteiger partial charge in [-0.3, -0.25) is 0 Å². The molecule has 86 valence electrons. The van der Waals surface area contributed by atoms with E-state index in [-0.39, 0.29) is 0 Å². The second-order valence-corrected chi connectivity index (χ2v) is 11.2. The zero-order chi connectivity index (χ0) is 11.3. The molecule has 0 aromatic rings. The van der Waals surface area contributed by atoms with E-state index in [0.717, 1.165) is 11.8 Å². The van der Waals surface area contributed by atoms with Crippen LogP contribution in [0.4, 0.5) is 0 Å². The van der Waals surface area contributed by atoms with E-state index in [2.05, 4.69) is 39.8 Å². The molecule has 0 radical (unpaired) electrons. The van der Waals surface area contributed by atoms with Crippen LogP contribution in [0.5, 0.6) is 0 Å². The molecule has 0 spiro atoms. The van der Waals surface area contributed by atoms with Crippen LogP contribution >= 0.6 is 0 Å². The third-order valence-corrected chi connectivity index (χ3v) is 5.09. The average molecular weight is 224 g/mol. The monoisotopic (exact) mass is 224 g/mol. The van der Waals surface area contributed by atoms with E-state index in [4.69, 9.17) is 4.43 Å². The fourth-order valence-electron chi connectivity index (χ4n) is 3.04. The minimum Gasteiger partial charge on any atom is -0.550 e. The highest BCUT2D eigenvalue weighted by molar-refractivity contribution is 6.69. The molecule has 2 bridgehead atoms. The Hall–Kier alpha value is -0.243. The van der Waals surface area contributed by atoms with Crippen molar-refractivity contribution in [2.75, 3.05) is 0 Å². The maximum Gasteiger partial charge on any atom is 0.241 e. The van der Waals surface area contributed by atoms with Crippen LogP contribution in [-0.4, -0.2) is 8.32 Å². The molecule has 3 rings (SSSR count). The summed E-state index contributed by atoms with van der Waals surface area (Å²) in [6, 6.07) is 0. The average Bonchev–Trinajstić information content (AvgIpc) is 2.13. The summed E-state index contributed by atoms with van der Waals surface area (Å²) < 4.78 is 5.93. The molecule has 0 N–H and O–H groups in total. The van der Waals surface area contributed by atoms with Crippen molar-refractivity contribution in [3.8, 4) is 0 Å². The van der Waals surface area contributed by atoms with Gasteiger partial charge in [-0.25, -0.2) is 0 Å². The van der Waals surface area contributed by atoms with Gasteiger partial charge in [-0.1, -0.05) is 13.8 Å². The van der Waals surface area contributed by atoms with E-state index >= 15 is 0 Å². The molecule has 0 aliphatic heterocycles. The van der Waals surface area contributed by atoms with Gasteiger partial charge in [0.25, 0.3) is 0 Å². The Morgan fingerprint density at radius 3 is 2.47 bits per heavy atom. The molecule has 0 aromatic carbocycles. The van der Waals surface area contributed by atoms with E-state index in [9.17, 15) is 0 Å². The van der Waals surface area contributed by atoms with Gasteiger partial charge in [0.05, 0.1) is 6.26 Å². The lowest BCUT2D eigenvalue weighted by atomic mass is 9.47. The molecule has 15 heavy (non-hydrogen) atoms. The Morgan fingerprint density at radius 2 is 2.00 bits per heavy atom. The Balaban J connectivity index is 2.05. The van der Waals surface area contributed by atoms with Crippen molar-refractivity contribution in [3.05, 3.63) is 11.8 Å². The SMILES string of the molecule is CC1(C)[C@H]2CC/C(=C\O[Si](C)(C)C)[C@@H]1C2. The van der Waals surface area contributed by atoms with Crippen LogP contribution in [0.15, 0.2) is 11.8 Å². The largest absolute Gasteiger partial charge is 0.550 e. The second-order valence-electron chi connectivity index (χ2n) is 6.77. The topological polar surface area (TPSA) is 9.23 Å². The molecule has 1 nitrogen and oxygen atoms in total. The van der Waals surface area contributed by atoms with Crippen LogP contribution in [0.25, 0.3) is 0 Å². The van der Waals surface area contributed by atoms with Gasteiger partial charge >= 0.3 is 0 Å². The molecule has 0 amide bonds. The first kappa shape index (κ1) is 11.2. The zero-order valence-electron chi connectivity index (χ0n) is 10.8. The van der Waals surface area contributed by atoms with Gasteiger partial charge in [-0.05, 0) is 61.7 Å². The smallest absolute Gasteiger partial charge is 0.241 e. The third kappa shape index (κ3) is 2.01. The lowest BCUT2D eigenvalue weighted by Crippen LogP contribution is -2.49. The predicted molar refractivity (Wildman–Crippen MR) is 67.1 cm³/mol. The first-order valence-electron chi connectivity index (χ1n) is 6.17. The Morgan fingerprint density at radius 1 is 1.33 bits per heavy atom. The van der Waals surface area contributed by atoms with Gasteiger partial charge in [0.1, 0.15) is 0 Å². The normalized spacial score (nSPS) is 36.2. The van der Waals surface area contributed by atoms with E-state index in [1.807, 2.05) is 0 Å². The molecule has 3 aliphatic carbocycles. The highest BCUT2D eigenvalue weighted by Crippen LogP contribution is 2.61. The fraction of sp³-hybridized carbons (Fsp3) is 0.846. The van der Waals surface area contributed by atoms with E-state index in [0.29, 0.717) is 5.41 Å². The van der Waals surface area contributed by atoms with Gasteiger partial charge in [-0.15, -0.1) is 0 Å². The lowest BCUT2D eigenvalue weighted by molar-refractivity contribution is -0.0293. The summed E-state index contributed by atoms with van der Waals surface area (Å²) in [4.78, 5) is 0. The highest BCUT2D eigenvalue weighted by Gasteiger charge is 2.52. The van der Waals surface area contributed by atoms with Crippen molar-refractivity contribution in [1.29, 1.82) is 0 Å². The molecule has 2 heteroatoms. The summed E-state index contributed by atoms with van der Waals surface area (Å²) in [5.74, 6) is 1.79. The van der Waals surface area contributed by atoms with Crippen LogP contribution in [0.3, 0.4) is 0 Å². The number of rotatable bonds is 2. The summed E-state index contributed by atoms with van der Waals surface area (Å²) >= 11 is 0. The van der Waals surface area contributed by atoms with Gasteiger partial charge < -0.3 is 4.43 Å². The van der Waals surface area contributed by atoms with Crippen molar-refractivity contribution in [1.82, 2.24) is 0 Å². The summed E-state index contributed by atoms with van der Waals surface area (Å²) in [6.07, 6.45) is 6.19. The van der Waals surface area contributed by atoms with Crippen LogP contribution in [0.1, 0.15) is 33.1 Å². The summed E-state index contributed by atoms with van der Waals surface area (Å²) in [7, 11) is -1.38. The summed E-state index contributed by atoms with van der Waals surface area (Å²) in [6.45, 7) is 11.6. The molecule has 2 atom stereocenters. The minimum absolute atomic E-state index is 0.548. The first-order valence-corrected chi connectivity index (χ1v) is 9.58. The Kier molecular flexibility index (Phi) is 2.53. The van der Waals surface area contributed by atoms with Crippen molar-refractivity contribution >= 4 is 8.32 Å². The van der Waals surface area contributed by atoms with Crippen LogP contribution < -0.4 is 0 Å². The molecular formula is C13H24OSi. The number of allylic oxidation sites excluding steroid dienone is 1. The van der Waals surface area contributed by atoms with E-state index < -0.39 is 8.32 Å². The van der Waals surface area contributed by atoms with Crippen LogP contribution in [0, 0.1) is 17.3 Å². The quantitative estimate of drug-likeness (QED) is 0.505. The third-order valence-electron chi connectivity index (χ3n) is 4.26. The molecule has 0 heterocycles. The van der Waals surface area contributed by atoms with E-state index in [1.165, 1.54) is 19.3 Å².